The molecule has 1 saturated carbocycles. The summed E-state index contributed by atoms with van der Waals surface area (Å²) in [7, 11) is 0. The topological polar surface area (TPSA) is 93.8 Å². The Balaban J connectivity index is 0.930. The van der Waals surface area contributed by atoms with Crippen LogP contribution in [0.1, 0.15) is 127 Å². The molecule has 0 bridgehead atoms. The highest BCUT2D eigenvalue weighted by atomic mass is 79.9. The van der Waals surface area contributed by atoms with Gasteiger partial charge in [0.2, 0.25) is 5.78 Å². The lowest BCUT2D eigenvalue weighted by Crippen LogP contribution is -2.36. The van der Waals surface area contributed by atoms with Crippen LogP contribution < -0.4 is 10.9 Å². The Morgan fingerprint density at radius 3 is 2.38 bits per heavy atom. The minimum Gasteiger partial charge on any atom is -0.444 e. The van der Waals surface area contributed by atoms with Crippen molar-refractivity contribution < 1.29 is 9.53 Å². The number of fused-ring (bicyclic) bond motifs is 5. The van der Waals surface area contributed by atoms with Crippen LogP contribution in [-0.4, -0.2) is 55.2 Å². The van der Waals surface area contributed by atoms with E-state index in [1.165, 1.54) is 28.8 Å². The summed E-state index contributed by atoms with van der Waals surface area (Å²) in [4.78, 5) is 39.4. The number of aromatic nitrogens is 4. The summed E-state index contributed by atoms with van der Waals surface area (Å²) in [5.41, 5.74) is 9.11. The van der Waals surface area contributed by atoms with Crippen LogP contribution in [0, 0.1) is 12.3 Å². The molecule has 0 spiro atoms. The Morgan fingerprint density at radius 2 is 1.69 bits per heavy atom. The average Bonchev–Trinajstić information content (AvgIpc) is 3.94. The fourth-order valence-corrected chi connectivity index (χ4v) is 10.6. The van der Waals surface area contributed by atoms with E-state index in [4.69, 9.17) is 9.72 Å². The zero-order valence-corrected chi connectivity index (χ0v) is 37.2. The second-order valence-corrected chi connectivity index (χ2v) is 20.1. The van der Waals surface area contributed by atoms with Crippen LogP contribution >= 0.6 is 27.3 Å². The van der Waals surface area contributed by atoms with Gasteiger partial charge in [-0.05, 0) is 160 Å². The third-order valence-electron chi connectivity index (χ3n) is 12.5. The molecule has 1 atom stereocenters. The highest BCUT2D eigenvalue weighted by Crippen LogP contribution is 2.39. The molecular weight excluding hydrogens is 809 g/mol. The molecule has 0 unspecified atom stereocenters. The number of carbonyl (C=O) groups is 1. The summed E-state index contributed by atoms with van der Waals surface area (Å²) < 4.78 is 11.1. The molecule has 4 heterocycles. The van der Waals surface area contributed by atoms with E-state index in [1.807, 2.05) is 51.4 Å². The van der Waals surface area contributed by atoms with Crippen molar-refractivity contribution in [3.05, 3.63) is 97.8 Å². The van der Waals surface area contributed by atoms with E-state index in [-0.39, 0.29) is 23.1 Å². The Morgan fingerprint density at radius 1 is 0.948 bits per heavy atom. The largest absolute Gasteiger partial charge is 0.444 e. The first-order chi connectivity index (χ1) is 27.7. The highest BCUT2D eigenvalue weighted by molar-refractivity contribution is 9.10. The predicted molar refractivity (Wildman–Crippen MR) is 240 cm³/mol. The van der Waals surface area contributed by atoms with Gasteiger partial charge in [-0.15, -0.1) is 11.3 Å². The lowest BCUT2D eigenvalue weighted by Gasteiger charge is -2.35. The van der Waals surface area contributed by atoms with Crippen molar-refractivity contribution in [2.24, 2.45) is 5.41 Å². The maximum absolute atomic E-state index is 13.4. The number of rotatable bonds is 11. The number of nitrogens with zero attached hydrogens (tertiary/aromatic N) is 5. The number of imidazole rings is 1. The zero-order valence-electron chi connectivity index (χ0n) is 34.8. The van der Waals surface area contributed by atoms with Crippen molar-refractivity contribution in [1.29, 1.82) is 0 Å². The van der Waals surface area contributed by atoms with Gasteiger partial charge in [0.15, 0.2) is 0 Å². The Kier molecular flexibility index (Phi) is 11.6. The minimum absolute atomic E-state index is 0.0957. The number of piperidine rings is 1. The number of amides is 1. The molecule has 9 nitrogen and oxygen atoms in total. The van der Waals surface area contributed by atoms with Gasteiger partial charge in [-0.2, -0.15) is 4.98 Å². The number of hydrogen-bond acceptors (Lipinski definition) is 7. The number of hydrogen-bond donors (Lipinski definition) is 1. The van der Waals surface area contributed by atoms with Crippen molar-refractivity contribution >= 4 is 61.1 Å². The van der Waals surface area contributed by atoms with Gasteiger partial charge in [0.1, 0.15) is 5.60 Å². The monoisotopic (exact) mass is 864 g/mol. The first kappa shape index (κ1) is 40.7. The molecule has 1 aliphatic heterocycles. The molecule has 2 fully saturated rings. The summed E-state index contributed by atoms with van der Waals surface area (Å²) >= 11 is 5.28. The number of alkyl carbamates (subject to hydrolysis) is 1. The molecule has 1 saturated heterocycles. The average molecular weight is 866 g/mol. The fraction of sp³-hybridized carbons (Fsp3) is 0.489. The van der Waals surface area contributed by atoms with Gasteiger partial charge >= 0.3 is 6.09 Å². The van der Waals surface area contributed by atoms with Gasteiger partial charge in [0.25, 0.3) is 5.56 Å². The van der Waals surface area contributed by atoms with Crippen LogP contribution in [-0.2, 0) is 4.74 Å². The summed E-state index contributed by atoms with van der Waals surface area (Å²) in [6.07, 6.45) is 9.41. The number of likely N-dealkylation sites (tertiary alicyclic amines) is 1. The van der Waals surface area contributed by atoms with Gasteiger partial charge in [-0.1, -0.05) is 63.1 Å². The first-order valence-electron chi connectivity index (χ1n) is 21.1. The van der Waals surface area contributed by atoms with E-state index in [0.717, 1.165) is 103 Å². The van der Waals surface area contributed by atoms with Crippen molar-refractivity contribution in [1.82, 2.24) is 29.2 Å². The van der Waals surface area contributed by atoms with Crippen LogP contribution in [0.2, 0.25) is 0 Å². The molecule has 0 radical (unpaired) electrons. The maximum atomic E-state index is 13.4. The SMILES string of the molecule is Cc1ncsc1-c1ccc([C@H](CCC(C)(C)CCN2CCC(c3ccc4c(c3)n(C3CCCC3)c3nc(=O)c5c(Br)cccc5n43)CC2)NC(=O)OC(C)(C)C)cc1. The summed E-state index contributed by atoms with van der Waals surface area (Å²) in [5.74, 6) is 1.26. The van der Waals surface area contributed by atoms with Crippen LogP contribution in [0.5, 0.6) is 0 Å². The third-order valence-corrected chi connectivity index (χ3v) is 14.2. The summed E-state index contributed by atoms with van der Waals surface area (Å²) in [6, 6.07) is 21.7. The van der Waals surface area contributed by atoms with Crippen molar-refractivity contribution in [3.63, 3.8) is 0 Å². The first-order valence-corrected chi connectivity index (χ1v) is 22.8. The molecule has 11 heteroatoms. The maximum Gasteiger partial charge on any atom is 0.408 e. The van der Waals surface area contributed by atoms with E-state index in [9.17, 15) is 9.59 Å². The number of benzene rings is 3. The fourth-order valence-electron chi connectivity index (χ4n) is 9.25. The summed E-state index contributed by atoms with van der Waals surface area (Å²) in [5, 5.41) is 3.84. The van der Waals surface area contributed by atoms with Gasteiger partial charge < -0.3 is 19.5 Å². The van der Waals surface area contributed by atoms with E-state index in [0.29, 0.717) is 17.3 Å². The number of halogens is 1. The van der Waals surface area contributed by atoms with E-state index >= 15 is 0 Å². The van der Waals surface area contributed by atoms with E-state index < -0.39 is 5.60 Å². The molecule has 3 aromatic carbocycles. The number of ether oxygens (including phenoxy) is 1. The van der Waals surface area contributed by atoms with Crippen molar-refractivity contribution in [2.75, 3.05) is 19.6 Å². The highest BCUT2D eigenvalue weighted by Gasteiger charge is 2.29. The minimum atomic E-state index is -0.566. The Bertz CT molecular complexity index is 2480. The Hall–Kier alpha value is -4.06. The second-order valence-electron chi connectivity index (χ2n) is 18.4. The third kappa shape index (κ3) is 8.63. The molecular formula is C47H57BrN6O3S. The lowest BCUT2D eigenvalue weighted by molar-refractivity contribution is 0.0496. The van der Waals surface area contributed by atoms with Crippen molar-refractivity contribution in [3.8, 4) is 10.4 Å². The van der Waals surface area contributed by atoms with Gasteiger partial charge in [-0.25, -0.2) is 9.78 Å². The lowest BCUT2D eigenvalue weighted by atomic mass is 9.81. The number of nitrogens with one attached hydrogen (secondary N) is 1. The van der Waals surface area contributed by atoms with Crippen LogP contribution in [0.25, 0.3) is 38.2 Å². The van der Waals surface area contributed by atoms with E-state index in [2.05, 4.69) is 96.4 Å². The van der Waals surface area contributed by atoms with Crippen LogP contribution in [0.15, 0.2) is 75.4 Å². The molecule has 1 amide bonds. The molecule has 306 valence electrons. The Labute approximate surface area is 354 Å². The zero-order chi connectivity index (χ0) is 40.8. The molecule has 3 aromatic heterocycles. The smallest absolute Gasteiger partial charge is 0.408 e. The normalized spacial score (nSPS) is 16.8. The summed E-state index contributed by atoms with van der Waals surface area (Å²) in [6.45, 7) is 15.7. The van der Waals surface area contributed by atoms with Crippen LogP contribution in [0.4, 0.5) is 4.79 Å². The molecule has 2 aliphatic rings. The molecule has 6 aromatic rings. The van der Waals surface area contributed by atoms with Gasteiger partial charge in [-0.3, -0.25) is 9.20 Å². The quantitative estimate of drug-likeness (QED) is 0.139. The predicted octanol–water partition coefficient (Wildman–Crippen LogP) is 11.8. The molecule has 1 N–H and O–H groups in total. The van der Waals surface area contributed by atoms with Gasteiger partial charge in [0.05, 0.1) is 44.1 Å². The number of aryl methyl sites for hydroxylation is 1. The molecule has 1 aliphatic carbocycles. The standard InChI is InChI=1S/C47H57BrN6O3S/c1-30-42(58-29-49-30)33-16-14-32(15-17-33)37(50-45(56)57-46(2,3)4)20-23-47(5,6)24-27-52-25-21-31(22-26-52)34-18-19-38-40(28-34)53(35-10-7-8-11-35)44-51-43(55)41-36(48)12-9-13-39(41)54(38)44/h9,12-19,28-29,31,35,37H,7-8,10-11,20-27H2,1-6H3,(H,50,56)/t37-/m0/s1. The van der Waals surface area contributed by atoms with Crippen molar-refractivity contribution in [2.45, 2.75) is 123 Å². The number of carbonyl (C=O) groups excluding carboxylic acids is 1. The van der Waals surface area contributed by atoms with E-state index in [1.54, 1.807) is 11.3 Å². The van der Waals surface area contributed by atoms with Gasteiger partial charge in [0, 0.05) is 10.5 Å². The second kappa shape index (κ2) is 16.5. The molecule has 58 heavy (non-hydrogen) atoms. The van der Waals surface area contributed by atoms with Crippen LogP contribution in [0.3, 0.4) is 0 Å². The number of thiazole rings is 1. The molecule has 8 rings (SSSR count).